The topological polar surface area (TPSA) is 77.4 Å². The number of aliphatic carboxylic acids is 1. The van der Waals surface area contributed by atoms with Gasteiger partial charge in [-0.1, -0.05) is 20.8 Å². The summed E-state index contributed by atoms with van der Waals surface area (Å²) in [4.78, 5) is 23.0. The van der Waals surface area contributed by atoms with Gasteiger partial charge in [-0.2, -0.15) is 0 Å². The zero-order chi connectivity index (χ0) is 20.3. The summed E-state index contributed by atoms with van der Waals surface area (Å²) in [5.41, 5.74) is 0.109. The molecule has 4 heteroatoms. The zero-order valence-electron chi connectivity index (χ0n) is 17.8. The number of hydrogen-bond acceptors (Lipinski definition) is 4. The quantitative estimate of drug-likeness (QED) is 0.800. The minimum absolute atomic E-state index is 0.0970. The van der Waals surface area contributed by atoms with Crippen LogP contribution in [0.15, 0.2) is 0 Å². The number of carboxylic acid groups (broad SMARTS) is 1. The van der Waals surface area contributed by atoms with Gasteiger partial charge in [0.25, 0.3) is 0 Å². The number of aliphatic hydroxyl groups excluding tert-OH is 1. The molecular formula is C24H37O4-. The van der Waals surface area contributed by atoms with Crippen LogP contribution in [0.25, 0.3) is 0 Å². The van der Waals surface area contributed by atoms with Crippen LogP contribution < -0.4 is 5.11 Å². The summed E-state index contributed by atoms with van der Waals surface area (Å²) in [6.45, 7) is 6.88. The lowest BCUT2D eigenvalue weighted by Crippen LogP contribution is -2.58. The molecule has 0 radical (unpaired) electrons. The Balaban J connectivity index is 1.57. The summed E-state index contributed by atoms with van der Waals surface area (Å²) < 4.78 is 0. The Morgan fingerprint density at radius 3 is 2.68 bits per heavy atom. The maximum Gasteiger partial charge on any atom is 0.133 e. The fourth-order valence-electron chi connectivity index (χ4n) is 8.52. The Bertz CT molecular complexity index is 645. The monoisotopic (exact) mass is 389 g/mol. The first kappa shape index (κ1) is 20.4. The van der Waals surface area contributed by atoms with Crippen molar-refractivity contribution in [1.29, 1.82) is 0 Å². The Kier molecular flexibility index (Phi) is 5.17. The smallest absolute Gasteiger partial charge is 0.133 e. The summed E-state index contributed by atoms with van der Waals surface area (Å²) in [6, 6.07) is 0. The summed E-state index contributed by atoms with van der Waals surface area (Å²) in [5, 5.41) is 22.4. The van der Waals surface area contributed by atoms with Crippen molar-refractivity contribution in [3.63, 3.8) is 0 Å². The van der Waals surface area contributed by atoms with Gasteiger partial charge in [-0.05, 0) is 97.7 Å². The van der Waals surface area contributed by atoms with Crippen LogP contribution in [0.4, 0.5) is 0 Å². The van der Waals surface area contributed by atoms with Gasteiger partial charge in [-0.15, -0.1) is 0 Å². The van der Waals surface area contributed by atoms with Gasteiger partial charge in [0.15, 0.2) is 0 Å². The Labute approximate surface area is 169 Å². The third-order valence-electron chi connectivity index (χ3n) is 10.2. The van der Waals surface area contributed by atoms with E-state index in [-0.39, 0.29) is 23.4 Å². The van der Waals surface area contributed by atoms with E-state index < -0.39 is 5.97 Å². The normalized spacial score (nSPS) is 49.1. The Morgan fingerprint density at radius 2 is 1.96 bits per heavy atom. The highest BCUT2D eigenvalue weighted by molar-refractivity contribution is 5.79. The molecule has 0 aliphatic heterocycles. The number of carboxylic acids is 1. The van der Waals surface area contributed by atoms with E-state index in [0.29, 0.717) is 47.7 Å². The van der Waals surface area contributed by atoms with Gasteiger partial charge in [-0.3, -0.25) is 4.79 Å². The summed E-state index contributed by atoms with van der Waals surface area (Å²) >= 11 is 0. The van der Waals surface area contributed by atoms with E-state index in [1.54, 1.807) is 0 Å². The van der Waals surface area contributed by atoms with Gasteiger partial charge < -0.3 is 15.0 Å². The number of ketones is 1. The molecule has 4 rings (SSSR count). The first-order valence-electron chi connectivity index (χ1n) is 11.6. The van der Waals surface area contributed by atoms with Crippen molar-refractivity contribution in [3.8, 4) is 0 Å². The molecule has 28 heavy (non-hydrogen) atoms. The maximum absolute atomic E-state index is 12.0. The van der Waals surface area contributed by atoms with E-state index in [0.717, 1.165) is 44.9 Å². The summed E-state index contributed by atoms with van der Waals surface area (Å²) in [5.74, 6) is 2.40. The Morgan fingerprint density at radius 1 is 1.21 bits per heavy atom. The summed E-state index contributed by atoms with van der Waals surface area (Å²) in [7, 11) is 0. The largest absolute Gasteiger partial charge is 0.550 e. The molecular weight excluding hydrogens is 352 g/mol. The van der Waals surface area contributed by atoms with Crippen molar-refractivity contribution < 1.29 is 19.8 Å². The van der Waals surface area contributed by atoms with Crippen molar-refractivity contribution in [2.24, 2.45) is 46.3 Å². The first-order valence-corrected chi connectivity index (χ1v) is 11.6. The van der Waals surface area contributed by atoms with Gasteiger partial charge in [0.05, 0.1) is 6.10 Å². The van der Waals surface area contributed by atoms with Crippen molar-refractivity contribution in [3.05, 3.63) is 0 Å². The van der Waals surface area contributed by atoms with E-state index in [1.165, 1.54) is 6.42 Å². The van der Waals surface area contributed by atoms with E-state index in [2.05, 4.69) is 20.8 Å². The standard InChI is InChI=1S/C24H38O4/c1-14(4-9-22(27)28)18-7-8-19-17-6-5-15-12-16(25)10-11-23(15,2)20(17)13-21(26)24(18,19)3/h14-15,17-21,26H,4-13H2,1-3H3,(H,27,28)/p-1/t14-,15-,17+,18-,19+,20+,21+,23+,24-/m1/s1. The van der Waals surface area contributed by atoms with Gasteiger partial charge in [0.1, 0.15) is 5.78 Å². The number of Topliss-reactive ketones (excluding diaryl/α,β-unsaturated/α-hetero) is 1. The third kappa shape index (κ3) is 2.97. The van der Waals surface area contributed by atoms with Gasteiger partial charge >= 0.3 is 0 Å². The second-order valence-corrected chi connectivity index (χ2v) is 11.1. The Hall–Kier alpha value is -0.900. The van der Waals surface area contributed by atoms with Gasteiger partial charge in [-0.25, -0.2) is 0 Å². The van der Waals surface area contributed by atoms with Crippen molar-refractivity contribution in [2.45, 2.75) is 91.1 Å². The van der Waals surface area contributed by atoms with Crippen LogP contribution in [-0.2, 0) is 9.59 Å². The van der Waals surface area contributed by atoms with Crippen molar-refractivity contribution >= 4 is 11.8 Å². The first-order chi connectivity index (χ1) is 13.2. The van der Waals surface area contributed by atoms with Crippen LogP contribution in [0.3, 0.4) is 0 Å². The highest BCUT2D eigenvalue weighted by Crippen LogP contribution is 2.68. The highest BCUT2D eigenvalue weighted by atomic mass is 16.4. The molecule has 0 aromatic heterocycles. The van der Waals surface area contributed by atoms with Crippen LogP contribution in [0.5, 0.6) is 0 Å². The van der Waals surface area contributed by atoms with Crippen LogP contribution in [-0.4, -0.2) is 23.0 Å². The van der Waals surface area contributed by atoms with Crippen LogP contribution in [0.1, 0.15) is 85.0 Å². The molecule has 0 saturated heterocycles. The SMILES string of the molecule is C[C@H](CCC(=O)[O-])[C@H]1CC[C@H]2[C@@H]3CC[C@@H]4CC(=O)CC[C@]4(C)[C@H]3C[C@H](O)[C@]12C. The fraction of sp³-hybridized carbons (Fsp3) is 0.917. The molecule has 0 aromatic rings. The molecule has 0 bridgehead atoms. The molecule has 0 heterocycles. The highest BCUT2D eigenvalue weighted by Gasteiger charge is 2.63. The molecule has 4 nitrogen and oxygen atoms in total. The lowest BCUT2D eigenvalue weighted by molar-refractivity contribution is -0.306. The molecule has 4 aliphatic carbocycles. The molecule has 4 aliphatic rings. The molecule has 1 N–H and O–H groups in total. The minimum atomic E-state index is -0.964. The van der Waals surface area contributed by atoms with Crippen molar-refractivity contribution in [1.82, 2.24) is 0 Å². The van der Waals surface area contributed by atoms with E-state index >= 15 is 0 Å². The number of carbonyl (C=O) groups is 2. The van der Waals surface area contributed by atoms with Crippen LogP contribution >= 0.6 is 0 Å². The molecule has 9 atom stereocenters. The molecule has 0 amide bonds. The van der Waals surface area contributed by atoms with E-state index in [9.17, 15) is 19.8 Å². The number of rotatable bonds is 4. The van der Waals surface area contributed by atoms with E-state index in [1.807, 2.05) is 0 Å². The number of aliphatic hydroxyl groups is 1. The minimum Gasteiger partial charge on any atom is -0.550 e. The molecule has 0 aromatic carbocycles. The van der Waals surface area contributed by atoms with Gasteiger partial charge in [0.2, 0.25) is 0 Å². The van der Waals surface area contributed by atoms with E-state index in [4.69, 9.17) is 0 Å². The van der Waals surface area contributed by atoms with Crippen LogP contribution in [0.2, 0.25) is 0 Å². The molecule has 158 valence electrons. The number of fused-ring (bicyclic) bond motifs is 5. The summed E-state index contributed by atoms with van der Waals surface area (Å²) in [6.07, 6.45) is 8.42. The lowest BCUT2D eigenvalue weighted by Gasteiger charge is -2.62. The van der Waals surface area contributed by atoms with Crippen LogP contribution in [0, 0.1) is 46.3 Å². The predicted molar refractivity (Wildman–Crippen MR) is 105 cm³/mol. The second kappa shape index (κ2) is 7.11. The zero-order valence-corrected chi connectivity index (χ0v) is 17.8. The van der Waals surface area contributed by atoms with Gasteiger partial charge in [0, 0.05) is 18.8 Å². The van der Waals surface area contributed by atoms with Crippen molar-refractivity contribution in [2.75, 3.05) is 0 Å². The molecule has 0 spiro atoms. The average molecular weight is 390 g/mol. The number of carbonyl (C=O) groups excluding carboxylic acids is 2. The molecule has 0 unspecified atom stereocenters. The second-order valence-electron chi connectivity index (χ2n) is 11.1. The fourth-order valence-corrected chi connectivity index (χ4v) is 8.52. The predicted octanol–water partition coefficient (Wildman–Crippen LogP) is 3.35. The maximum atomic E-state index is 12.0. The third-order valence-corrected chi connectivity index (χ3v) is 10.2. The average Bonchev–Trinajstić information content (AvgIpc) is 3.00. The number of hydrogen-bond donors (Lipinski definition) is 1. The molecule has 4 saturated carbocycles. The lowest BCUT2D eigenvalue weighted by atomic mass is 9.44. The molecule has 4 fully saturated rings.